The van der Waals surface area contributed by atoms with Crippen molar-refractivity contribution in [2.45, 2.75) is 26.2 Å². The number of allylic oxidation sites excluding steroid dienone is 2. The van der Waals surface area contributed by atoms with Gasteiger partial charge in [0.25, 0.3) is 0 Å². The second-order valence-corrected chi connectivity index (χ2v) is 3.60. The second-order valence-electron chi connectivity index (χ2n) is 3.60. The molecular weight excluding hydrogens is 172 g/mol. The molecule has 0 spiro atoms. The highest BCUT2D eigenvalue weighted by atomic mass is 15.1. The Labute approximate surface area is 83.7 Å². The lowest BCUT2D eigenvalue weighted by Crippen LogP contribution is -2.30. The van der Waals surface area contributed by atoms with Crippen LogP contribution >= 0.6 is 0 Å². The average molecular weight is 186 g/mol. The first kappa shape index (κ1) is 9.13. The molecule has 0 radical (unpaired) electrons. The topological polar surface area (TPSA) is 25.8 Å². The van der Waals surface area contributed by atoms with Gasteiger partial charge in [0.2, 0.25) is 0 Å². The predicted molar refractivity (Wildman–Crippen MR) is 57.8 cm³/mol. The number of fused-ring (bicyclic) bond motifs is 1. The molecule has 72 valence electrons. The summed E-state index contributed by atoms with van der Waals surface area (Å²) in [5.74, 6) is 0. The van der Waals surface area contributed by atoms with Crippen molar-refractivity contribution in [3.63, 3.8) is 0 Å². The van der Waals surface area contributed by atoms with Gasteiger partial charge >= 0.3 is 0 Å². The highest BCUT2D eigenvalue weighted by Crippen LogP contribution is 2.06. The maximum absolute atomic E-state index is 4.14. The molecule has 0 saturated heterocycles. The summed E-state index contributed by atoms with van der Waals surface area (Å²) < 4.78 is 0. The minimum atomic E-state index is 0.989. The Hall–Kier alpha value is -1.44. The number of rotatable bonds is 0. The summed E-state index contributed by atoms with van der Waals surface area (Å²) in [6.07, 6.45) is 11.6. The molecule has 0 amide bonds. The monoisotopic (exact) mass is 186 g/mol. The van der Waals surface area contributed by atoms with Gasteiger partial charge in [-0.25, -0.2) is 0 Å². The van der Waals surface area contributed by atoms with Crippen molar-refractivity contribution in [1.82, 2.24) is 10.2 Å². The third-order valence-electron chi connectivity index (χ3n) is 2.52. The molecule has 2 heteroatoms. The molecule has 0 fully saturated rings. The van der Waals surface area contributed by atoms with Crippen LogP contribution in [0.3, 0.4) is 0 Å². The van der Waals surface area contributed by atoms with Gasteiger partial charge in [0, 0.05) is 5.22 Å². The fourth-order valence-electron chi connectivity index (χ4n) is 1.70. The molecule has 2 nitrogen and oxygen atoms in total. The number of hydrogen-bond acceptors (Lipinski definition) is 2. The highest BCUT2D eigenvalue weighted by molar-refractivity contribution is 5.45. The lowest BCUT2D eigenvalue weighted by atomic mass is 10.1. The van der Waals surface area contributed by atoms with Gasteiger partial charge < -0.3 is 0 Å². The number of hydrogen-bond donors (Lipinski definition) is 0. The fourth-order valence-corrected chi connectivity index (χ4v) is 1.70. The molecule has 1 aliphatic carbocycles. The highest BCUT2D eigenvalue weighted by Gasteiger charge is 1.95. The van der Waals surface area contributed by atoms with Crippen molar-refractivity contribution < 1.29 is 0 Å². The van der Waals surface area contributed by atoms with E-state index in [9.17, 15) is 0 Å². The third-order valence-corrected chi connectivity index (χ3v) is 2.52. The van der Waals surface area contributed by atoms with Gasteiger partial charge in [-0.3, -0.25) is 0 Å². The Morgan fingerprint density at radius 2 is 2.29 bits per heavy atom. The van der Waals surface area contributed by atoms with Crippen molar-refractivity contribution in [2.24, 2.45) is 0 Å². The summed E-state index contributed by atoms with van der Waals surface area (Å²) in [5.41, 5.74) is 1.41. The van der Waals surface area contributed by atoms with E-state index in [0.717, 1.165) is 18.2 Å². The Kier molecular flexibility index (Phi) is 2.73. The van der Waals surface area contributed by atoms with Crippen molar-refractivity contribution in [3.05, 3.63) is 35.0 Å². The van der Waals surface area contributed by atoms with E-state index in [-0.39, 0.29) is 0 Å². The number of aromatic nitrogens is 2. The second kappa shape index (κ2) is 4.18. The zero-order chi connectivity index (χ0) is 9.80. The van der Waals surface area contributed by atoms with Crippen LogP contribution in [0.2, 0.25) is 0 Å². The van der Waals surface area contributed by atoms with Crippen LogP contribution in [-0.4, -0.2) is 10.2 Å². The van der Waals surface area contributed by atoms with Crippen molar-refractivity contribution in [1.29, 1.82) is 0 Å². The fraction of sp³-hybridized carbons (Fsp3) is 0.333. The average Bonchev–Trinajstić information content (AvgIpc) is 2.30. The quantitative estimate of drug-likeness (QED) is 0.608. The Morgan fingerprint density at radius 3 is 3.21 bits per heavy atom. The molecule has 0 saturated carbocycles. The van der Waals surface area contributed by atoms with Gasteiger partial charge in [-0.05, 0) is 38.3 Å². The van der Waals surface area contributed by atoms with Gasteiger partial charge in [0.15, 0.2) is 0 Å². The normalized spacial score (nSPS) is 24.8. The lowest BCUT2D eigenvalue weighted by Gasteiger charge is -1.98. The van der Waals surface area contributed by atoms with Crippen LogP contribution in [0, 0.1) is 0 Å². The van der Waals surface area contributed by atoms with Crippen LogP contribution in [0.15, 0.2) is 24.4 Å². The van der Waals surface area contributed by atoms with Crippen LogP contribution in [0.5, 0.6) is 0 Å². The zero-order valence-corrected chi connectivity index (χ0v) is 8.40. The molecule has 1 aliphatic rings. The molecular formula is C12H14N2. The summed E-state index contributed by atoms with van der Waals surface area (Å²) in [4.78, 5) is 0. The maximum atomic E-state index is 4.14. The molecule has 1 aromatic heterocycles. The SMILES string of the molecule is C\C1=c2/ccnn/c2=C/C=C\CCC1. The van der Waals surface area contributed by atoms with Crippen molar-refractivity contribution in [3.8, 4) is 0 Å². The van der Waals surface area contributed by atoms with Crippen LogP contribution in [0.1, 0.15) is 26.2 Å². The van der Waals surface area contributed by atoms with Crippen molar-refractivity contribution in [2.75, 3.05) is 0 Å². The lowest BCUT2D eigenvalue weighted by molar-refractivity contribution is 0.871. The van der Waals surface area contributed by atoms with E-state index >= 15 is 0 Å². The van der Waals surface area contributed by atoms with Gasteiger partial charge in [0.05, 0.1) is 11.5 Å². The Morgan fingerprint density at radius 1 is 1.36 bits per heavy atom. The summed E-state index contributed by atoms with van der Waals surface area (Å²) >= 11 is 0. The van der Waals surface area contributed by atoms with Crippen LogP contribution in [-0.2, 0) is 0 Å². The molecule has 1 heterocycles. The summed E-state index contributed by atoms with van der Waals surface area (Å²) in [5, 5.41) is 10.3. The largest absolute Gasteiger partial charge is 0.159 e. The minimum absolute atomic E-state index is 0.989. The van der Waals surface area contributed by atoms with E-state index in [2.05, 4.69) is 29.3 Å². The predicted octanol–water partition coefficient (Wildman–Crippen LogP) is 1.17. The molecule has 0 bridgehead atoms. The maximum Gasteiger partial charge on any atom is 0.0928 e. The standard InChI is InChI=1S/C12H14N2/c1-10-6-4-2-3-5-7-12-11(10)8-9-13-14-12/h3,5,7-9H,2,4,6H2,1H3/b5-3-,11-10-,12-7+. The van der Waals surface area contributed by atoms with E-state index in [1.165, 1.54) is 17.2 Å². The first-order chi connectivity index (χ1) is 6.88. The molecule has 1 aromatic rings. The molecule has 0 unspecified atom stereocenters. The summed E-state index contributed by atoms with van der Waals surface area (Å²) in [6.45, 7) is 2.18. The molecule has 0 atom stereocenters. The molecule has 0 aliphatic heterocycles. The first-order valence-electron chi connectivity index (χ1n) is 5.02. The third kappa shape index (κ3) is 1.90. The van der Waals surface area contributed by atoms with E-state index < -0.39 is 0 Å². The van der Waals surface area contributed by atoms with E-state index in [1.807, 2.05) is 12.1 Å². The summed E-state index contributed by atoms with van der Waals surface area (Å²) in [7, 11) is 0. The van der Waals surface area contributed by atoms with Crippen LogP contribution in [0.4, 0.5) is 0 Å². The number of nitrogens with zero attached hydrogens (tertiary/aromatic N) is 2. The van der Waals surface area contributed by atoms with E-state index in [0.29, 0.717) is 0 Å². The van der Waals surface area contributed by atoms with Gasteiger partial charge in [0.1, 0.15) is 0 Å². The molecule has 0 aromatic carbocycles. The first-order valence-corrected chi connectivity index (χ1v) is 5.02. The van der Waals surface area contributed by atoms with Gasteiger partial charge in [-0.1, -0.05) is 17.7 Å². The van der Waals surface area contributed by atoms with Gasteiger partial charge in [-0.2, -0.15) is 10.2 Å². The Balaban J connectivity index is 2.71. The molecule has 2 rings (SSSR count). The summed E-state index contributed by atoms with van der Waals surface area (Å²) in [6, 6.07) is 2.05. The molecule has 14 heavy (non-hydrogen) atoms. The Bertz CT molecular complexity index is 457. The molecule has 0 N–H and O–H groups in total. The van der Waals surface area contributed by atoms with E-state index in [4.69, 9.17) is 0 Å². The van der Waals surface area contributed by atoms with Gasteiger partial charge in [-0.15, -0.1) is 0 Å². The smallest absolute Gasteiger partial charge is 0.0928 e. The van der Waals surface area contributed by atoms with Crippen molar-refractivity contribution >= 4 is 11.6 Å². The van der Waals surface area contributed by atoms with Crippen LogP contribution < -0.4 is 10.6 Å². The van der Waals surface area contributed by atoms with Crippen LogP contribution in [0.25, 0.3) is 11.6 Å². The zero-order valence-electron chi connectivity index (χ0n) is 8.40. The van der Waals surface area contributed by atoms with E-state index in [1.54, 1.807) is 6.20 Å². The minimum Gasteiger partial charge on any atom is -0.159 e.